The Hall–Kier alpha value is -3.45. The number of benzene rings is 2. The first-order valence-electron chi connectivity index (χ1n) is 11.1. The first kappa shape index (κ1) is 22.3. The van der Waals surface area contributed by atoms with E-state index in [9.17, 15) is 18.8 Å². The lowest BCUT2D eigenvalue weighted by Gasteiger charge is -2.32. The molecule has 34 heavy (non-hydrogen) atoms. The Bertz CT molecular complexity index is 1370. The molecule has 1 aliphatic heterocycles. The molecule has 1 aromatic heterocycles. The summed E-state index contributed by atoms with van der Waals surface area (Å²) in [7, 11) is 0. The van der Waals surface area contributed by atoms with Gasteiger partial charge in [-0.1, -0.05) is 35.9 Å². The minimum absolute atomic E-state index is 0.0171. The number of aryl methyl sites for hydroxylation is 2. The van der Waals surface area contributed by atoms with Crippen molar-refractivity contribution in [1.29, 1.82) is 0 Å². The van der Waals surface area contributed by atoms with E-state index < -0.39 is 17.4 Å². The van der Waals surface area contributed by atoms with Crippen LogP contribution in [0, 0.1) is 19.7 Å². The molecular formula is C26H23ClFN3O3. The van der Waals surface area contributed by atoms with Crippen molar-refractivity contribution in [2.24, 2.45) is 0 Å². The van der Waals surface area contributed by atoms with E-state index in [1.807, 2.05) is 31.2 Å². The van der Waals surface area contributed by atoms with Gasteiger partial charge in [-0.15, -0.1) is 0 Å². The zero-order valence-electron chi connectivity index (χ0n) is 18.8. The molecule has 1 saturated heterocycles. The maximum absolute atomic E-state index is 13.6. The molecule has 0 saturated carbocycles. The van der Waals surface area contributed by atoms with E-state index in [4.69, 9.17) is 11.6 Å². The Labute approximate surface area is 201 Å². The largest absolute Gasteiger partial charge is 0.325 e. The molecule has 1 N–H and O–H groups in total. The molecule has 2 aromatic carbocycles. The molecule has 0 radical (unpaired) electrons. The predicted molar refractivity (Wildman–Crippen MR) is 126 cm³/mol. The molecule has 1 unspecified atom stereocenters. The highest BCUT2D eigenvalue weighted by molar-refractivity contribution is 6.30. The molecule has 2 aliphatic rings. The standard InChI is InChI=1S/C26H23ClFN3O3/c1-15-11-20(16(2)31(15)19-7-8-22(28)21(27)12-19)23(32)14-30-24(33)26(29-25(30)34)10-9-17-5-3-4-6-18(17)13-26/h3-8,11-12H,9-10,13-14H2,1-2H3,(H,29,34). The van der Waals surface area contributed by atoms with Gasteiger partial charge in [0.25, 0.3) is 5.91 Å². The highest BCUT2D eigenvalue weighted by Crippen LogP contribution is 2.34. The van der Waals surface area contributed by atoms with Gasteiger partial charge in [0.2, 0.25) is 0 Å². The first-order valence-corrected chi connectivity index (χ1v) is 11.5. The molecule has 1 aliphatic carbocycles. The van der Waals surface area contributed by atoms with Crippen LogP contribution in [0.1, 0.15) is 39.3 Å². The van der Waals surface area contributed by atoms with Gasteiger partial charge >= 0.3 is 6.03 Å². The normalized spacial score (nSPS) is 19.5. The quantitative estimate of drug-likeness (QED) is 0.441. The summed E-state index contributed by atoms with van der Waals surface area (Å²) in [5.74, 6) is -1.23. The number of carbonyl (C=O) groups excluding carboxylic acids is 3. The van der Waals surface area contributed by atoms with Crippen LogP contribution < -0.4 is 5.32 Å². The Morgan fingerprint density at radius 2 is 1.85 bits per heavy atom. The SMILES string of the molecule is Cc1cc(C(=O)CN2C(=O)NC3(CCc4ccccc4C3)C2=O)c(C)n1-c1ccc(F)c(Cl)c1. The van der Waals surface area contributed by atoms with Crippen molar-refractivity contribution in [3.05, 3.63) is 87.4 Å². The molecule has 1 fully saturated rings. The predicted octanol–water partition coefficient (Wildman–Crippen LogP) is 4.55. The number of fused-ring (bicyclic) bond motifs is 1. The van der Waals surface area contributed by atoms with Crippen LogP contribution in [0.15, 0.2) is 48.5 Å². The highest BCUT2D eigenvalue weighted by Gasteiger charge is 2.52. The van der Waals surface area contributed by atoms with Gasteiger partial charge in [0.1, 0.15) is 11.4 Å². The number of carbonyl (C=O) groups is 3. The van der Waals surface area contributed by atoms with E-state index in [0.717, 1.165) is 16.2 Å². The second-order valence-corrected chi connectivity index (χ2v) is 9.40. The third-order valence-corrected chi connectivity index (χ3v) is 7.16. The fourth-order valence-electron chi connectivity index (χ4n) is 5.14. The number of rotatable bonds is 4. The van der Waals surface area contributed by atoms with Crippen molar-refractivity contribution >= 4 is 29.3 Å². The van der Waals surface area contributed by atoms with Gasteiger partial charge in [0.15, 0.2) is 5.78 Å². The number of halogens is 2. The number of urea groups is 1. The monoisotopic (exact) mass is 479 g/mol. The fraction of sp³-hybridized carbons (Fsp3) is 0.269. The summed E-state index contributed by atoms with van der Waals surface area (Å²) in [5, 5.41) is 2.85. The lowest BCUT2D eigenvalue weighted by Crippen LogP contribution is -2.51. The van der Waals surface area contributed by atoms with Crippen LogP contribution in [0.3, 0.4) is 0 Å². The van der Waals surface area contributed by atoms with E-state index in [2.05, 4.69) is 5.32 Å². The summed E-state index contributed by atoms with van der Waals surface area (Å²) >= 11 is 5.94. The van der Waals surface area contributed by atoms with Gasteiger partial charge in [-0.2, -0.15) is 0 Å². The smallest absolute Gasteiger partial charge is 0.323 e. The van der Waals surface area contributed by atoms with Gasteiger partial charge in [0.05, 0.1) is 11.6 Å². The summed E-state index contributed by atoms with van der Waals surface area (Å²) in [6, 6.07) is 13.4. The van der Waals surface area contributed by atoms with Crippen molar-refractivity contribution in [2.45, 2.75) is 38.6 Å². The Kier molecular flexibility index (Phi) is 5.32. The summed E-state index contributed by atoms with van der Waals surface area (Å²) in [6.07, 6.45) is 1.60. The van der Waals surface area contributed by atoms with E-state index in [1.54, 1.807) is 23.6 Å². The van der Waals surface area contributed by atoms with Crippen LogP contribution in [0.4, 0.5) is 9.18 Å². The molecule has 1 spiro atoms. The molecule has 174 valence electrons. The Morgan fingerprint density at radius 1 is 1.12 bits per heavy atom. The lowest BCUT2D eigenvalue weighted by atomic mass is 9.78. The number of imide groups is 1. The van der Waals surface area contributed by atoms with Crippen LogP contribution in [0.2, 0.25) is 5.02 Å². The molecular weight excluding hydrogens is 457 g/mol. The van der Waals surface area contributed by atoms with E-state index >= 15 is 0 Å². The zero-order chi connectivity index (χ0) is 24.2. The Morgan fingerprint density at radius 3 is 2.59 bits per heavy atom. The van der Waals surface area contributed by atoms with Crippen LogP contribution in [-0.4, -0.2) is 39.3 Å². The molecule has 3 aromatic rings. The number of hydrogen-bond acceptors (Lipinski definition) is 3. The van der Waals surface area contributed by atoms with Gasteiger partial charge < -0.3 is 9.88 Å². The van der Waals surface area contributed by atoms with Gasteiger partial charge in [-0.3, -0.25) is 14.5 Å². The summed E-state index contributed by atoms with van der Waals surface area (Å²) < 4.78 is 15.4. The average molecular weight is 480 g/mol. The number of aromatic nitrogens is 1. The molecule has 3 amide bonds. The van der Waals surface area contributed by atoms with Gasteiger partial charge in [0, 0.05) is 29.1 Å². The highest BCUT2D eigenvalue weighted by atomic mass is 35.5. The number of nitrogens with one attached hydrogen (secondary N) is 1. The zero-order valence-corrected chi connectivity index (χ0v) is 19.6. The first-order chi connectivity index (χ1) is 16.2. The maximum Gasteiger partial charge on any atom is 0.325 e. The van der Waals surface area contributed by atoms with E-state index in [-0.39, 0.29) is 23.3 Å². The van der Waals surface area contributed by atoms with Gasteiger partial charge in [-0.05, 0) is 62.1 Å². The van der Waals surface area contributed by atoms with Crippen molar-refractivity contribution in [3.8, 4) is 5.69 Å². The number of Topliss-reactive ketones (excluding diaryl/α,β-unsaturated/α-hetero) is 1. The van der Waals surface area contributed by atoms with Crippen molar-refractivity contribution < 1.29 is 18.8 Å². The average Bonchev–Trinajstić information content (AvgIpc) is 3.23. The Balaban J connectivity index is 1.39. The lowest BCUT2D eigenvalue weighted by molar-refractivity contribution is -0.131. The number of nitrogens with zero attached hydrogens (tertiary/aromatic N) is 2. The second kappa shape index (κ2) is 8.09. The second-order valence-electron chi connectivity index (χ2n) is 8.99. The number of ketones is 1. The molecule has 0 bridgehead atoms. The minimum atomic E-state index is -1.01. The summed E-state index contributed by atoms with van der Waals surface area (Å²) in [5.41, 5.74) is 3.60. The van der Waals surface area contributed by atoms with Crippen molar-refractivity contribution in [3.63, 3.8) is 0 Å². The number of amides is 3. The molecule has 6 nitrogen and oxygen atoms in total. The van der Waals surface area contributed by atoms with Crippen molar-refractivity contribution in [2.75, 3.05) is 6.54 Å². The van der Waals surface area contributed by atoms with Gasteiger partial charge in [-0.25, -0.2) is 9.18 Å². The third kappa shape index (κ3) is 3.51. The summed E-state index contributed by atoms with van der Waals surface area (Å²) in [6.45, 7) is 3.24. The molecule has 1 atom stereocenters. The topological polar surface area (TPSA) is 71.4 Å². The molecule has 8 heteroatoms. The fourth-order valence-corrected chi connectivity index (χ4v) is 5.31. The van der Waals surface area contributed by atoms with Crippen LogP contribution in [-0.2, 0) is 17.6 Å². The number of hydrogen-bond donors (Lipinski definition) is 1. The van der Waals surface area contributed by atoms with E-state index in [0.29, 0.717) is 36.2 Å². The van der Waals surface area contributed by atoms with Crippen LogP contribution in [0.25, 0.3) is 5.69 Å². The van der Waals surface area contributed by atoms with Crippen LogP contribution in [0.5, 0.6) is 0 Å². The maximum atomic E-state index is 13.6. The third-order valence-electron chi connectivity index (χ3n) is 6.87. The van der Waals surface area contributed by atoms with Crippen LogP contribution >= 0.6 is 11.6 Å². The summed E-state index contributed by atoms with van der Waals surface area (Å²) in [4.78, 5) is 40.4. The molecule has 2 heterocycles. The minimum Gasteiger partial charge on any atom is -0.323 e. The van der Waals surface area contributed by atoms with E-state index in [1.165, 1.54) is 17.7 Å². The molecule has 5 rings (SSSR count). The van der Waals surface area contributed by atoms with Crippen molar-refractivity contribution in [1.82, 2.24) is 14.8 Å².